The van der Waals surface area contributed by atoms with E-state index in [0.29, 0.717) is 10.6 Å². The van der Waals surface area contributed by atoms with Crippen LogP contribution >= 0.6 is 11.3 Å². The number of nitrogens with one attached hydrogen (secondary N) is 1. The van der Waals surface area contributed by atoms with E-state index in [0.717, 1.165) is 21.3 Å². The molecule has 0 atom stereocenters. The molecule has 1 aromatic heterocycles. The van der Waals surface area contributed by atoms with Gasteiger partial charge in [-0.2, -0.15) is 0 Å². The third kappa shape index (κ3) is 4.76. The first-order valence-electron chi connectivity index (χ1n) is 9.75. The standard InChI is InChI=1S/C24H19FN2O4S/c1-31-20-8-6-15(10-18(20)25)16-5-7-19-21(11-16)32-23(27-19)12-22(28)26-13-14-3-2-4-17(9-14)24(29)30/h2-11H,12-13H2,1H3,(H,26,28)(H,29,30). The van der Waals surface area contributed by atoms with Crippen LogP contribution in [0.5, 0.6) is 5.75 Å². The maximum absolute atomic E-state index is 14.0. The number of carbonyl (C=O) groups excluding carboxylic acids is 1. The number of thiazole rings is 1. The predicted octanol–water partition coefficient (Wildman–Crippen LogP) is 4.67. The number of amides is 1. The number of carboxylic acid groups (broad SMARTS) is 1. The second-order valence-electron chi connectivity index (χ2n) is 7.10. The van der Waals surface area contributed by atoms with Gasteiger partial charge in [0.2, 0.25) is 5.91 Å². The molecule has 0 fully saturated rings. The Morgan fingerprint density at radius 1 is 1.09 bits per heavy atom. The van der Waals surface area contributed by atoms with Crippen molar-refractivity contribution in [1.29, 1.82) is 0 Å². The minimum absolute atomic E-state index is 0.116. The highest BCUT2D eigenvalue weighted by Gasteiger charge is 2.12. The Bertz CT molecular complexity index is 1320. The van der Waals surface area contributed by atoms with Crippen molar-refractivity contribution in [2.45, 2.75) is 13.0 Å². The summed E-state index contributed by atoms with van der Waals surface area (Å²) in [5.74, 6) is -1.46. The van der Waals surface area contributed by atoms with Gasteiger partial charge in [0.15, 0.2) is 11.6 Å². The highest BCUT2D eigenvalue weighted by Crippen LogP contribution is 2.30. The Kier molecular flexibility index (Phi) is 6.13. The number of methoxy groups -OCH3 is 1. The SMILES string of the molecule is COc1ccc(-c2ccc3nc(CC(=O)NCc4cccc(C(=O)O)c4)sc3c2)cc1F. The van der Waals surface area contributed by atoms with Gasteiger partial charge in [-0.25, -0.2) is 14.2 Å². The number of benzene rings is 3. The first-order chi connectivity index (χ1) is 15.4. The summed E-state index contributed by atoms with van der Waals surface area (Å²) in [6.45, 7) is 0.234. The van der Waals surface area contributed by atoms with Gasteiger partial charge >= 0.3 is 5.97 Å². The lowest BCUT2D eigenvalue weighted by Crippen LogP contribution is -2.24. The molecule has 162 valence electrons. The van der Waals surface area contributed by atoms with Crippen LogP contribution in [0.4, 0.5) is 4.39 Å². The monoisotopic (exact) mass is 450 g/mol. The van der Waals surface area contributed by atoms with E-state index >= 15 is 0 Å². The molecule has 2 N–H and O–H groups in total. The molecular formula is C24H19FN2O4S. The molecule has 1 amide bonds. The zero-order chi connectivity index (χ0) is 22.7. The van der Waals surface area contributed by atoms with E-state index in [1.54, 1.807) is 24.3 Å². The highest BCUT2D eigenvalue weighted by atomic mass is 32.1. The van der Waals surface area contributed by atoms with Gasteiger partial charge in [0, 0.05) is 6.54 Å². The van der Waals surface area contributed by atoms with Crippen molar-refractivity contribution in [2.75, 3.05) is 7.11 Å². The van der Waals surface area contributed by atoms with Crippen molar-refractivity contribution >= 4 is 33.4 Å². The molecule has 8 heteroatoms. The number of aromatic nitrogens is 1. The lowest BCUT2D eigenvalue weighted by atomic mass is 10.1. The fraction of sp³-hybridized carbons (Fsp3) is 0.125. The Morgan fingerprint density at radius 3 is 2.62 bits per heavy atom. The van der Waals surface area contributed by atoms with E-state index in [9.17, 15) is 14.0 Å². The minimum atomic E-state index is -1.01. The maximum Gasteiger partial charge on any atom is 0.335 e. The van der Waals surface area contributed by atoms with Crippen LogP contribution in [0, 0.1) is 5.82 Å². The molecule has 3 aromatic carbocycles. The van der Waals surface area contributed by atoms with Crippen LogP contribution in [-0.2, 0) is 17.8 Å². The van der Waals surface area contributed by atoms with Crippen LogP contribution in [-0.4, -0.2) is 29.1 Å². The number of hydrogen-bond acceptors (Lipinski definition) is 5. The van der Waals surface area contributed by atoms with E-state index in [4.69, 9.17) is 9.84 Å². The maximum atomic E-state index is 14.0. The third-order valence-electron chi connectivity index (χ3n) is 4.89. The quantitative estimate of drug-likeness (QED) is 0.427. The van der Waals surface area contributed by atoms with Crippen LogP contribution in [0.3, 0.4) is 0 Å². The molecule has 0 spiro atoms. The molecule has 0 bridgehead atoms. The van der Waals surface area contributed by atoms with Crippen LogP contribution in [0.25, 0.3) is 21.3 Å². The second kappa shape index (κ2) is 9.15. The number of nitrogens with zero attached hydrogens (tertiary/aromatic N) is 1. The average molecular weight is 450 g/mol. The van der Waals surface area contributed by atoms with Gasteiger partial charge in [-0.1, -0.05) is 24.3 Å². The molecule has 32 heavy (non-hydrogen) atoms. The van der Waals surface area contributed by atoms with Gasteiger partial charge in [-0.3, -0.25) is 4.79 Å². The third-order valence-corrected chi connectivity index (χ3v) is 5.91. The summed E-state index contributed by atoms with van der Waals surface area (Å²) in [6, 6.07) is 16.9. The lowest BCUT2D eigenvalue weighted by Gasteiger charge is -2.05. The Balaban J connectivity index is 1.45. The highest BCUT2D eigenvalue weighted by molar-refractivity contribution is 7.18. The van der Waals surface area contributed by atoms with Crippen LogP contribution in [0.2, 0.25) is 0 Å². The number of hydrogen-bond donors (Lipinski definition) is 2. The van der Waals surface area contributed by atoms with Crippen molar-refractivity contribution in [3.63, 3.8) is 0 Å². The first kappa shape index (κ1) is 21.5. The lowest BCUT2D eigenvalue weighted by molar-refractivity contribution is -0.120. The summed E-state index contributed by atoms with van der Waals surface area (Å²) in [5.41, 5.74) is 3.22. The van der Waals surface area contributed by atoms with E-state index in [2.05, 4.69) is 10.3 Å². The van der Waals surface area contributed by atoms with Crippen LogP contribution in [0.1, 0.15) is 20.9 Å². The van der Waals surface area contributed by atoms with Gasteiger partial charge in [0.1, 0.15) is 5.01 Å². The zero-order valence-electron chi connectivity index (χ0n) is 17.1. The predicted molar refractivity (Wildman–Crippen MR) is 121 cm³/mol. The molecule has 0 radical (unpaired) electrons. The molecule has 0 saturated heterocycles. The fourth-order valence-corrected chi connectivity index (χ4v) is 4.29. The molecule has 4 aromatic rings. The molecule has 4 rings (SSSR count). The number of carboxylic acids is 1. The summed E-state index contributed by atoms with van der Waals surface area (Å²) >= 11 is 1.41. The van der Waals surface area contributed by atoms with Crippen molar-refractivity contribution < 1.29 is 23.8 Å². The van der Waals surface area contributed by atoms with E-state index < -0.39 is 11.8 Å². The van der Waals surface area contributed by atoms with E-state index in [-0.39, 0.29) is 30.2 Å². The van der Waals surface area contributed by atoms with Gasteiger partial charge in [0.25, 0.3) is 0 Å². The summed E-state index contributed by atoms with van der Waals surface area (Å²) < 4.78 is 19.9. The molecular weight excluding hydrogens is 431 g/mol. The Hall–Kier alpha value is -3.78. The van der Waals surface area contributed by atoms with Crippen LogP contribution < -0.4 is 10.1 Å². The van der Waals surface area contributed by atoms with Crippen molar-refractivity contribution in [2.24, 2.45) is 0 Å². The number of aromatic carboxylic acids is 1. The topological polar surface area (TPSA) is 88.5 Å². The number of rotatable bonds is 7. The largest absolute Gasteiger partial charge is 0.494 e. The molecule has 0 aliphatic heterocycles. The van der Waals surface area contributed by atoms with Crippen molar-refractivity contribution in [3.8, 4) is 16.9 Å². The molecule has 0 aliphatic rings. The number of ether oxygens (including phenoxy) is 1. The van der Waals surface area contributed by atoms with Gasteiger partial charge in [0.05, 0.1) is 29.3 Å². The van der Waals surface area contributed by atoms with Crippen molar-refractivity contribution in [3.05, 3.63) is 82.6 Å². The molecule has 1 heterocycles. The zero-order valence-corrected chi connectivity index (χ0v) is 17.9. The van der Waals surface area contributed by atoms with Gasteiger partial charge < -0.3 is 15.2 Å². The second-order valence-corrected chi connectivity index (χ2v) is 8.21. The normalized spacial score (nSPS) is 10.8. The first-order valence-corrected chi connectivity index (χ1v) is 10.6. The Morgan fingerprint density at radius 2 is 1.88 bits per heavy atom. The van der Waals surface area contributed by atoms with E-state index in [1.165, 1.54) is 36.6 Å². The number of halogens is 1. The minimum Gasteiger partial charge on any atom is -0.494 e. The number of fused-ring (bicyclic) bond motifs is 1. The summed E-state index contributed by atoms with van der Waals surface area (Å²) in [7, 11) is 1.42. The summed E-state index contributed by atoms with van der Waals surface area (Å²) in [6.07, 6.45) is 0.116. The van der Waals surface area contributed by atoms with Crippen molar-refractivity contribution in [1.82, 2.24) is 10.3 Å². The average Bonchev–Trinajstić information content (AvgIpc) is 3.19. The molecule has 0 aliphatic carbocycles. The summed E-state index contributed by atoms with van der Waals surface area (Å²) in [4.78, 5) is 27.9. The van der Waals surface area contributed by atoms with Gasteiger partial charge in [-0.05, 0) is 53.1 Å². The fourth-order valence-electron chi connectivity index (χ4n) is 3.29. The molecule has 6 nitrogen and oxygen atoms in total. The summed E-state index contributed by atoms with van der Waals surface area (Å²) in [5, 5.41) is 12.5. The van der Waals surface area contributed by atoms with Gasteiger partial charge in [-0.15, -0.1) is 11.3 Å². The van der Waals surface area contributed by atoms with Crippen LogP contribution in [0.15, 0.2) is 60.7 Å². The molecule has 0 saturated carbocycles. The number of carbonyl (C=O) groups is 2. The van der Waals surface area contributed by atoms with E-state index in [1.807, 2.05) is 18.2 Å². The smallest absolute Gasteiger partial charge is 0.335 e. The Labute approximate surface area is 187 Å². The molecule has 0 unspecified atom stereocenters.